The summed E-state index contributed by atoms with van der Waals surface area (Å²) >= 11 is 5.21. The van der Waals surface area contributed by atoms with Crippen LogP contribution in [-0.2, 0) is 6.54 Å². The lowest BCUT2D eigenvalue weighted by atomic mass is 10.1. The molecule has 102 valence electrons. The van der Waals surface area contributed by atoms with E-state index < -0.39 is 0 Å². The van der Waals surface area contributed by atoms with E-state index in [-0.39, 0.29) is 0 Å². The summed E-state index contributed by atoms with van der Waals surface area (Å²) in [6, 6.07) is 10.1. The zero-order chi connectivity index (χ0) is 14.1. The maximum Gasteiger partial charge on any atom is 0.0951 e. The van der Waals surface area contributed by atoms with Gasteiger partial charge in [-0.3, -0.25) is 4.98 Å². The molecule has 3 aromatic rings. The van der Waals surface area contributed by atoms with Gasteiger partial charge in [-0.2, -0.15) is 0 Å². The monoisotopic (exact) mass is 347 g/mol. The fourth-order valence-electron chi connectivity index (χ4n) is 2.30. The minimum atomic E-state index is 0.719. The summed E-state index contributed by atoms with van der Waals surface area (Å²) in [5.41, 5.74) is 10.0. The lowest BCUT2D eigenvalue weighted by molar-refractivity contribution is 0.931. The number of nitrogens with zero attached hydrogens (tertiary/aromatic N) is 2. The van der Waals surface area contributed by atoms with E-state index in [2.05, 4.69) is 50.4 Å². The van der Waals surface area contributed by atoms with Crippen LogP contribution in [0, 0.1) is 0 Å². The van der Waals surface area contributed by atoms with Crippen LogP contribution in [0.25, 0.3) is 10.9 Å². The largest absolute Gasteiger partial charge is 0.397 e. The molecule has 1 aromatic carbocycles. The van der Waals surface area contributed by atoms with Crippen molar-refractivity contribution in [2.24, 2.45) is 0 Å². The maximum atomic E-state index is 6.00. The number of halogens is 1. The molecule has 0 unspecified atom stereocenters. The Bertz CT molecular complexity index is 754. The summed E-state index contributed by atoms with van der Waals surface area (Å²) in [5, 5.41) is 3.25. The van der Waals surface area contributed by atoms with E-state index in [0.717, 1.165) is 32.6 Å². The quantitative estimate of drug-likeness (QED) is 0.719. The molecule has 0 fully saturated rings. The van der Waals surface area contributed by atoms with Crippen LogP contribution in [0.3, 0.4) is 0 Å². The van der Waals surface area contributed by atoms with Crippen LogP contribution in [0.2, 0.25) is 0 Å². The highest BCUT2D eigenvalue weighted by molar-refractivity contribution is 9.11. The van der Waals surface area contributed by atoms with Gasteiger partial charge in [0.1, 0.15) is 0 Å². The Morgan fingerprint density at radius 1 is 1.35 bits per heavy atom. The molecular weight excluding hydrogens is 334 g/mol. The van der Waals surface area contributed by atoms with E-state index in [9.17, 15) is 0 Å². The van der Waals surface area contributed by atoms with E-state index in [0.29, 0.717) is 0 Å². The Labute approximate surface area is 130 Å². The molecule has 0 amide bonds. The molecule has 20 heavy (non-hydrogen) atoms. The SMILES string of the molecule is CN(Cc1csc(Br)c1)c1ccnc2c(N)cccc12. The molecule has 2 aromatic heterocycles. The molecule has 0 saturated heterocycles. The Kier molecular flexibility index (Phi) is 3.63. The Morgan fingerprint density at radius 2 is 2.20 bits per heavy atom. The van der Waals surface area contributed by atoms with Crippen LogP contribution in [0.1, 0.15) is 5.56 Å². The molecule has 0 atom stereocenters. The normalized spacial score (nSPS) is 10.9. The minimum absolute atomic E-state index is 0.719. The number of rotatable bonds is 3. The Balaban J connectivity index is 1.99. The molecule has 0 saturated carbocycles. The molecule has 5 heteroatoms. The summed E-state index contributed by atoms with van der Waals surface area (Å²) in [6.07, 6.45) is 1.81. The van der Waals surface area contributed by atoms with Gasteiger partial charge in [0.15, 0.2) is 0 Å². The second kappa shape index (κ2) is 5.42. The Hall–Kier alpha value is -1.59. The number of hydrogen-bond donors (Lipinski definition) is 1. The molecule has 2 heterocycles. The minimum Gasteiger partial charge on any atom is -0.397 e. The molecule has 3 nitrogen and oxygen atoms in total. The van der Waals surface area contributed by atoms with Crippen molar-refractivity contribution < 1.29 is 0 Å². The highest BCUT2D eigenvalue weighted by atomic mass is 79.9. The first-order chi connectivity index (χ1) is 9.65. The summed E-state index contributed by atoms with van der Waals surface area (Å²) in [6.45, 7) is 0.857. The number of para-hydroxylation sites is 1. The van der Waals surface area contributed by atoms with Gasteiger partial charge in [0, 0.05) is 30.9 Å². The number of aromatic nitrogens is 1. The van der Waals surface area contributed by atoms with Crippen molar-refractivity contribution in [3.63, 3.8) is 0 Å². The average Bonchev–Trinajstić information content (AvgIpc) is 2.84. The van der Waals surface area contributed by atoms with Gasteiger partial charge in [-0.25, -0.2) is 0 Å². The molecule has 0 spiro atoms. The average molecular weight is 348 g/mol. The van der Waals surface area contributed by atoms with Gasteiger partial charge in [-0.1, -0.05) is 12.1 Å². The molecule has 0 aliphatic heterocycles. The van der Waals surface area contributed by atoms with Gasteiger partial charge in [0.05, 0.1) is 15.0 Å². The van der Waals surface area contributed by atoms with E-state index in [1.54, 1.807) is 11.3 Å². The highest BCUT2D eigenvalue weighted by Crippen LogP contribution is 2.29. The van der Waals surface area contributed by atoms with Gasteiger partial charge < -0.3 is 10.6 Å². The fourth-order valence-corrected chi connectivity index (χ4v) is 3.51. The van der Waals surface area contributed by atoms with Crippen molar-refractivity contribution in [3.8, 4) is 0 Å². The highest BCUT2D eigenvalue weighted by Gasteiger charge is 2.09. The summed E-state index contributed by atoms with van der Waals surface area (Å²) in [7, 11) is 2.09. The number of pyridine rings is 1. The van der Waals surface area contributed by atoms with Crippen molar-refractivity contribution in [2.45, 2.75) is 6.54 Å². The lowest BCUT2D eigenvalue weighted by Crippen LogP contribution is -2.16. The molecule has 0 bridgehead atoms. The van der Waals surface area contributed by atoms with E-state index in [1.807, 2.05) is 24.4 Å². The molecular formula is C15H14BrN3S. The van der Waals surface area contributed by atoms with Crippen LogP contribution in [-0.4, -0.2) is 12.0 Å². The van der Waals surface area contributed by atoms with Gasteiger partial charge in [-0.05, 0) is 45.1 Å². The van der Waals surface area contributed by atoms with Crippen molar-refractivity contribution in [1.82, 2.24) is 4.98 Å². The fraction of sp³-hybridized carbons (Fsp3) is 0.133. The van der Waals surface area contributed by atoms with Gasteiger partial charge >= 0.3 is 0 Å². The maximum absolute atomic E-state index is 6.00. The number of nitrogens with two attached hydrogens (primary N) is 1. The summed E-state index contributed by atoms with van der Waals surface area (Å²) in [4.78, 5) is 6.60. The van der Waals surface area contributed by atoms with Crippen molar-refractivity contribution >= 4 is 49.5 Å². The predicted octanol–water partition coefficient (Wildman–Crippen LogP) is 4.28. The number of thiophene rings is 1. The number of hydrogen-bond acceptors (Lipinski definition) is 4. The third kappa shape index (κ3) is 2.51. The molecule has 0 radical (unpaired) electrons. The summed E-state index contributed by atoms with van der Waals surface area (Å²) in [5.74, 6) is 0. The standard InChI is InChI=1S/C15H14BrN3S/c1-19(8-10-7-14(16)20-9-10)13-5-6-18-15-11(13)3-2-4-12(15)17/h2-7,9H,8,17H2,1H3. The molecule has 0 aliphatic carbocycles. The Morgan fingerprint density at radius 3 is 2.95 bits per heavy atom. The van der Waals surface area contributed by atoms with Crippen molar-refractivity contribution in [1.29, 1.82) is 0 Å². The zero-order valence-corrected chi connectivity index (χ0v) is 13.4. The lowest BCUT2D eigenvalue weighted by Gasteiger charge is -2.20. The van der Waals surface area contributed by atoms with Gasteiger partial charge in [-0.15, -0.1) is 11.3 Å². The van der Waals surface area contributed by atoms with E-state index in [4.69, 9.17) is 5.73 Å². The van der Waals surface area contributed by atoms with E-state index in [1.165, 1.54) is 5.56 Å². The van der Waals surface area contributed by atoms with Crippen LogP contribution in [0.4, 0.5) is 11.4 Å². The van der Waals surface area contributed by atoms with Crippen LogP contribution < -0.4 is 10.6 Å². The second-order valence-electron chi connectivity index (χ2n) is 4.69. The number of anilines is 2. The first-order valence-electron chi connectivity index (χ1n) is 6.22. The summed E-state index contributed by atoms with van der Waals surface area (Å²) < 4.78 is 1.16. The number of fused-ring (bicyclic) bond motifs is 1. The van der Waals surface area contributed by atoms with Gasteiger partial charge in [0.2, 0.25) is 0 Å². The van der Waals surface area contributed by atoms with Crippen LogP contribution in [0.5, 0.6) is 0 Å². The van der Waals surface area contributed by atoms with Crippen molar-refractivity contribution in [3.05, 3.63) is 51.3 Å². The molecule has 3 rings (SSSR count). The third-order valence-electron chi connectivity index (χ3n) is 3.23. The van der Waals surface area contributed by atoms with Gasteiger partial charge in [0.25, 0.3) is 0 Å². The first kappa shape index (κ1) is 13.4. The predicted molar refractivity (Wildman–Crippen MR) is 90.3 cm³/mol. The zero-order valence-electron chi connectivity index (χ0n) is 11.0. The second-order valence-corrected chi connectivity index (χ2v) is 6.98. The molecule has 0 aliphatic rings. The molecule has 2 N–H and O–H groups in total. The van der Waals surface area contributed by atoms with Crippen molar-refractivity contribution in [2.75, 3.05) is 17.7 Å². The number of benzene rings is 1. The smallest absolute Gasteiger partial charge is 0.0951 e. The number of nitrogen functional groups attached to an aromatic ring is 1. The topological polar surface area (TPSA) is 42.2 Å². The van der Waals surface area contributed by atoms with Crippen LogP contribution >= 0.6 is 27.3 Å². The first-order valence-corrected chi connectivity index (χ1v) is 7.89. The van der Waals surface area contributed by atoms with E-state index >= 15 is 0 Å². The third-order valence-corrected chi connectivity index (χ3v) is 4.79. The van der Waals surface area contributed by atoms with Crippen LogP contribution in [0.15, 0.2) is 45.7 Å².